The zero-order valence-electron chi connectivity index (χ0n) is 16.4. The molecule has 1 aliphatic rings. The maximum Gasteiger partial charge on any atom is 0.258 e. The molecule has 0 bridgehead atoms. The SMILES string of the molecule is CN1CCc2[nH]c3ccc(NC(=O)c4cnn(Cc5ccccc5)c4)cc3c2C1. The van der Waals surface area contributed by atoms with E-state index in [9.17, 15) is 4.79 Å². The van der Waals surface area contributed by atoms with Crippen LogP contribution in [0, 0.1) is 0 Å². The van der Waals surface area contributed by atoms with E-state index in [0.29, 0.717) is 12.1 Å². The highest BCUT2D eigenvalue weighted by molar-refractivity contribution is 6.05. The number of rotatable bonds is 4. The Kier molecular flexibility index (Phi) is 4.41. The van der Waals surface area contributed by atoms with E-state index in [1.807, 2.05) is 42.5 Å². The molecular weight excluding hydrogens is 362 g/mol. The fraction of sp³-hybridized carbons (Fsp3) is 0.217. The number of hydrogen-bond donors (Lipinski definition) is 2. The van der Waals surface area contributed by atoms with Gasteiger partial charge < -0.3 is 15.2 Å². The van der Waals surface area contributed by atoms with Crippen molar-refractivity contribution in [3.63, 3.8) is 0 Å². The van der Waals surface area contributed by atoms with Crippen LogP contribution in [0.3, 0.4) is 0 Å². The van der Waals surface area contributed by atoms with Crippen molar-refractivity contribution in [3.8, 4) is 0 Å². The monoisotopic (exact) mass is 385 g/mol. The molecule has 3 heterocycles. The molecule has 0 fully saturated rings. The van der Waals surface area contributed by atoms with E-state index in [4.69, 9.17) is 0 Å². The number of aromatic amines is 1. The van der Waals surface area contributed by atoms with Crippen LogP contribution in [-0.2, 0) is 19.5 Å². The van der Waals surface area contributed by atoms with Gasteiger partial charge in [0.1, 0.15) is 0 Å². The van der Waals surface area contributed by atoms with Crippen molar-refractivity contribution in [3.05, 3.63) is 83.3 Å². The van der Waals surface area contributed by atoms with E-state index < -0.39 is 0 Å². The zero-order valence-corrected chi connectivity index (χ0v) is 16.4. The fourth-order valence-electron chi connectivity index (χ4n) is 3.97. The molecule has 1 aliphatic heterocycles. The van der Waals surface area contributed by atoms with E-state index in [1.54, 1.807) is 17.1 Å². The summed E-state index contributed by atoms with van der Waals surface area (Å²) in [5.41, 5.74) is 6.27. The van der Waals surface area contributed by atoms with Gasteiger partial charge in [0, 0.05) is 48.0 Å². The highest BCUT2D eigenvalue weighted by atomic mass is 16.1. The summed E-state index contributed by atoms with van der Waals surface area (Å²) in [4.78, 5) is 18.6. The topological polar surface area (TPSA) is 66.0 Å². The molecule has 0 saturated heterocycles. The van der Waals surface area contributed by atoms with Crippen LogP contribution in [0.2, 0.25) is 0 Å². The number of likely N-dealkylation sites (N-methyl/N-ethyl adjacent to an activating group) is 1. The quantitative estimate of drug-likeness (QED) is 0.564. The molecule has 0 radical (unpaired) electrons. The lowest BCUT2D eigenvalue weighted by atomic mass is 10.0. The molecule has 2 aromatic carbocycles. The average Bonchev–Trinajstić information content (AvgIpc) is 3.33. The van der Waals surface area contributed by atoms with Crippen LogP contribution in [0.5, 0.6) is 0 Å². The van der Waals surface area contributed by atoms with Crippen LogP contribution in [0.25, 0.3) is 10.9 Å². The van der Waals surface area contributed by atoms with Crippen molar-refractivity contribution in [1.29, 1.82) is 0 Å². The average molecular weight is 385 g/mol. The number of carbonyl (C=O) groups excluding carboxylic acids is 1. The Hall–Kier alpha value is -3.38. The van der Waals surface area contributed by atoms with Gasteiger partial charge in [0.05, 0.1) is 18.3 Å². The summed E-state index contributed by atoms with van der Waals surface area (Å²) in [6.45, 7) is 2.64. The Labute approximate surface area is 169 Å². The van der Waals surface area contributed by atoms with Crippen molar-refractivity contribution < 1.29 is 4.79 Å². The molecule has 0 aliphatic carbocycles. The Morgan fingerprint density at radius 1 is 1.21 bits per heavy atom. The van der Waals surface area contributed by atoms with E-state index in [1.165, 1.54) is 16.6 Å². The van der Waals surface area contributed by atoms with Gasteiger partial charge in [0.2, 0.25) is 0 Å². The molecule has 0 saturated carbocycles. The maximum atomic E-state index is 12.7. The predicted molar refractivity (Wildman–Crippen MR) is 114 cm³/mol. The number of amides is 1. The highest BCUT2D eigenvalue weighted by Gasteiger charge is 2.19. The van der Waals surface area contributed by atoms with Crippen LogP contribution < -0.4 is 5.32 Å². The third-order valence-electron chi connectivity index (χ3n) is 5.51. The number of carbonyl (C=O) groups is 1. The Morgan fingerprint density at radius 2 is 2.07 bits per heavy atom. The van der Waals surface area contributed by atoms with Crippen molar-refractivity contribution in [2.45, 2.75) is 19.5 Å². The summed E-state index contributed by atoms with van der Waals surface area (Å²) >= 11 is 0. The molecule has 4 aromatic rings. The molecule has 2 aromatic heterocycles. The molecule has 5 rings (SSSR count). The second-order valence-corrected chi connectivity index (χ2v) is 7.70. The third kappa shape index (κ3) is 3.54. The summed E-state index contributed by atoms with van der Waals surface area (Å²) in [6.07, 6.45) is 4.43. The number of H-pyrrole nitrogens is 1. The smallest absolute Gasteiger partial charge is 0.258 e. The molecule has 2 N–H and O–H groups in total. The first kappa shape index (κ1) is 17.7. The van der Waals surface area contributed by atoms with Crippen LogP contribution in [0.15, 0.2) is 60.9 Å². The lowest BCUT2D eigenvalue weighted by Gasteiger charge is -2.22. The third-order valence-corrected chi connectivity index (χ3v) is 5.51. The summed E-state index contributed by atoms with van der Waals surface area (Å²) in [6, 6.07) is 16.1. The Bertz CT molecular complexity index is 1170. The number of nitrogens with zero attached hydrogens (tertiary/aromatic N) is 3. The summed E-state index contributed by atoms with van der Waals surface area (Å²) < 4.78 is 1.78. The van der Waals surface area contributed by atoms with Crippen molar-refractivity contribution >= 4 is 22.5 Å². The van der Waals surface area contributed by atoms with E-state index >= 15 is 0 Å². The summed E-state index contributed by atoms with van der Waals surface area (Å²) in [5, 5.41) is 8.53. The lowest BCUT2D eigenvalue weighted by molar-refractivity contribution is 0.102. The van der Waals surface area contributed by atoms with Gasteiger partial charge in [-0.1, -0.05) is 30.3 Å². The second-order valence-electron chi connectivity index (χ2n) is 7.70. The molecule has 6 nitrogen and oxygen atoms in total. The molecule has 146 valence electrons. The Morgan fingerprint density at radius 3 is 2.93 bits per heavy atom. The van der Waals surface area contributed by atoms with Crippen LogP contribution in [0.4, 0.5) is 5.69 Å². The first-order valence-electron chi connectivity index (χ1n) is 9.85. The fourth-order valence-corrected chi connectivity index (χ4v) is 3.97. The number of hydrogen-bond acceptors (Lipinski definition) is 3. The van der Waals surface area contributed by atoms with Crippen LogP contribution in [-0.4, -0.2) is 39.2 Å². The highest BCUT2D eigenvalue weighted by Crippen LogP contribution is 2.29. The van der Waals surface area contributed by atoms with Gasteiger partial charge in [-0.05, 0) is 36.4 Å². The lowest BCUT2D eigenvalue weighted by Crippen LogP contribution is -2.26. The van der Waals surface area contributed by atoms with Gasteiger partial charge in [-0.3, -0.25) is 9.48 Å². The van der Waals surface area contributed by atoms with Crippen molar-refractivity contribution in [2.24, 2.45) is 0 Å². The van der Waals surface area contributed by atoms with Crippen molar-refractivity contribution in [2.75, 3.05) is 18.9 Å². The molecule has 29 heavy (non-hydrogen) atoms. The normalized spacial score (nSPS) is 14.1. The Balaban J connectivity index is 1.34. The van der Waals surface area contributed by atoms with E-state index in [2.05, 4.69) is 33.4 Å². The zero-order chi connectivity index (χ0) is 19.8. The molecule has 0 spiro atoms. The number of aromatic nitrogens is 3. The predicted octanol–water partition coefficient (Wildman–Crippen LogP) is 3.65. The van der Waals surface area contributed by atoms with Gasteiger partial charge in [-0.2, -0.15) is 5.10 Å². The molecular formula is C23H23N5O. The minimum absolute atomic E-state index is 0.148. The molecule has 6 heteroatoms. The van der Waals surface area contributed by atoms with Gasteiger partial charge >= 0.3 is 0 Å². The second kappa shape index (κ2) is 7.22. The number of nitrogens with one attached hydrogen (secondary N) is 2. The van der Waals surface area contributed by atoms with Crippen LogP contribution in [0.1, 0.15) is 27.2 Å². The number of anilines is 1. The van der Waals surface area contributed by atoms with Gasteiger partial charge in [-0.25, -0.2) is 0 Å². The number of benzene rings is 2. The number of fused-ring (bicyclic) bond motifs is 3. The first-order chi connectivity index (χ1) is 14.2. The molecule has 1 amide bonds. The van der Waals surface area contributed by atoms with Gasteiger partial charge in [0.15, 0.2) is 0 Å². The van der Waals surface area contributed by atoms with E-state index in [-0.39, 0.29) is 5.91 Å². The van der Waals surface area contributed by atoms with Gasteiger partial charge in [-0.15, -0.1) is 0 Å². The van der Waals surface area contributed by atoms with Crippen LogP contribution >= 0.6 is 0 Å². The van der Waals surface area contributed by atoms with Crippen molar-refractivity contribution in [1.82, 2.24) is 19.7 Å². The molecule has 0 unspecified atom stereocenters. The minimum Gasteiger partial charge on any atom is -0.358 e. The van der Waals surface area contributed by atoms with E-state index in [0.717, 1.165) is 36.3 Å². The summed E-state index contributed by atoms with van der Waals surface area (Å²) in [7, 11) is 2.14. The largest absolute Gasteiger partial charge is 0.358 e. The summed E-state index contributed by atoms with van der Waals surface area (Å²) in [5.74, 6) is -0.148. The first-order valence-corrected chi connectivity index (χ1v) is 9.85. The molecule has 0 atom stereocenters. The maximum absolute atomic E-state index is 12.7. The van der Waals surface area contributed by atoms with Gasteiger partial charge in [0.25, 0.3) is 5.91 Å². The standard InChI is InChI=1S/C23H23N5O/c1-27-10-9-22-20(15-27)19-11-18(7-8-21(19)26-22)25-23(29)17-12-24-28(14-17)13-16-5-3-2-4-6-16/h2-8,11-12,14,26H,9-10,13,15H2,1H3,(H,25,29). The minimum atomic E-state index is -0.148.